The van der Waals surface area contributed by atoms with Crippen molar-refractivity contribution >= 4 is 5.78 Å². The van der Waals surface area contributed by atoms with Crippen LogP contribution in [0.15, 0.2) is 42.5 Å². The van der Waals surface area contributed by atoms with Crippen molar-refractivity contribution in [3.05, 3.63) is 53.6 Å². The maximum absolute atomic E-state index is 12.3. The fourth-order valence-corrected chi connectivity index (χ4v) is 1.94. The molecule has 0 aromatic heterocycles. The minimum absolute atomic E-state index is 0.0622. The van der Waals surface area contributed by atoms with Crippen LogP contribution in [-0.2, 0) is 6.42 Å². The molecule has 2 rings (SSSR count). The molecule has 0 unspecified atom stereocenters. The Hall–Kier alpha value is -2.49. The smallest absolute Gasteiger partial charge is 0.200 e. The van der Waals surface area contributed by atoms with Gasteiger partial charge in [-0.05, 0) is 17.7 Å². The minimum atomic E-state index is -0.105. The zero-order valence-electron chi connectivity index (χ0n) is 11.4. The number of carbonyl (C=O) groups excluding carboxylic acids is 1. The van der Waals surface area contributed by atoms with E-state index in [0.717, 1.165) is 5.56 Å². The van der Waals surface area contributed by atoms with E-state index < -0.39 is 0 Å². The van der Waals surface area contributed by atoms with Crippen LogP contribution in [0.5, 0.6) is 17.2 Å². The third-order valence-corrected chi connectivity index (χ3v) is 3.01. The highest BCUT2D eigenvalue weighted by Gasteiger charge is 2.15. The number of rotatable bonds is 5. The number of hydrogen-bond donors (Lipinski definition) is 1. The highest BCUT2D eigenvalue weighted by atomic mass is 16.5. The van der Waals surface area contributed by atoms with E-state index in [1.807, 2.05) is 30.3 Å². The summed E-state index contributed by atoms with van der Waals surface area (Å²) in [6, 6.07) is 12.5. The molecule has 0 spiro atoms. The molecule has 0 aliphatic carbocycles. The van der Waals surface area contributed by atoms with E-state index in [9.17, 15) is 9.90 Å². The Kier molecular flexibility index (Phi) is 4.25. The zero-order valence-corrected chi connectivity index (χ0v) is 11.4. The SMILES string of the molecule is COc1cc(C(=O)Cc2ccccc2)cc(OC)c1O. The molecule has 2 aromatic carbocycles. The average molecular weight is 272 g/mol. The predicted octanol–water partition coefficient (Wildman–Crippen LogP) is 2.83. The number of phenolic OH excluding ortho intramolecular Hbond substituents is 1. The normalized spacial score (nSPS) is 10.1. The number of phenols is 1. The van der Waals surface area contributed by atoms with Gasteiger partial charge in [0.2, 0.25) is 5.75 Å². The summed E-state index contributed by atoms with van der Waals surface area (Å²) in [5.74, 6) is 0.278. The van der Waals surface area contributed by atoms with Crippen molar-refractivity contribution in [2.24, 2.45) is 0 Å². The first-order valence-corrected chi connectivity index (χ1v) is 6.17. The van der Waals surface area contributed by atoms with Crippen molar-refractivity contribution in [3.8, 4) is 17.2 Å². The first-order valence-electron chi connectivity index (χ1n) is 6.17. The lowest BCUT2D eigenvalue weighted by molar-refractivity contribution is 0.0992. The summed E-state index contributed by atoms with van der Waals surface area (Å²) < 4.78 is 10.1. The third kappa shape index (κ3) is 2.91. The maximum Gasteiger partial charge on any atom is 0.200 e. The minimum Gasteiger partial charge on any atom is -0.502 e. The monoisotopic (exact) mass is 272 g/mol. The summed E-state index contributed by atoms with van der Waals surface area (Å²) in [5.41, 5.74) is 1.38. The van der Waals surface area contributed by atoms with Gasteiger partial charge in [-0.15, -0.1) is 0 Å². The number of aromatic hydroxyl groups is 1. The van der Waals surface area contributed by atoms with Crippen LogP contribution in [0, 0.1) is 0 Å². The topological polar surface area (TPSA) is 55.8 Å². The summed E-state index contributed by atoms with van der Waals surface area (Å²) in [5, 5.41) is 9.82. The summed E-state index contributed by atoms with van der Waals surface area (Å²) in [6.45, 7) is 0. The van der Waals surface area contributed by atoms with Crippen LogP contribution in [0.1, 0.15) is 15.9 Å². The van der Waals surface area contributed by atoms with E-state index in [2.05, 4.69) is 0 Å². The van der Waals surface area contributed by atoms with Gasteiger partial charge in [0.1, 0.15) is 0 Å². The van der Waals surface area contributed by atoms with Gasteiger partial charge in [0.15, 0.2) is 17.3 Å². The van der Waals surface area contributed by atoms with Gasteiger partial charge < -0.3 is 14.6 Å². The van der Waals surface area contributed by atoms with E-state index in [1.165, 1.54) is 26.4 Å². The molecule has 4 nitrogen and oxygen atoms in total. The lowest BCUT2D eigenvalue weighted by atomic mass is 10.0. The Bertz CT molecular complexity index is 580. The van der Waals surface area contributed by atoms with Crippen LogP contribution in [0.2, 0.25) is 0 Å². The molecule has 0 fully saturated rings. The Morgan fingerprint density at radius 2 is 1.60 bits per heavy atom. The van der Waals surface area contributed by atoms with Gasteiger partial charge in [-0.2, -0.15) is 0 Å². The fraction of sp³-hybridized carbons (Fsp3) is 0.188. The number of ketones is 1. The second kappa shape index (κ2) is 6.10. The molecule has 0 bridgehead atoms. The number of methoxy groups -OCH3 is 2. The lowest BCUT2D eigenvalue weighted by Crippen LogP contribution is -2.04. The van der Waals surface area contributed by atoms with Gasteiger partial charge in [-0.3, -0.25) is 4.79 Å². The van der Waals surface area contributed by atoms with Gasteiger partial charge in [0, 0.05) is 12.0 Å². The molecule has 0 atom stereocenters. The van der Waals surface area contributed by atoms with Crippen LogP contribution < -0.4 is 9.47 Å². The van der Waals surface area contributed by atoms with E-state index in [4.69, 9.17) is 9.47 Å². The van der Waals surface area contributed by atoms with Crippen LogP contribution >= 0.6 is 0 Å². The predicted molar refractivity (Wildman–Crippen MR) is 75.7 cm³/mol. The Morgan fingerprint density at radius 3 is 2.10 bits per heavy atom. The van der Waals surface area contributed by atoms with E-state index >= 15 is 0 Å². The van der Waals surface area contributed by atoms with E-state index in [-0.39, 0.29) is 29.5 Å². The highest BCUT2D eigenvalue weighted by Crippen LogP contribution is 2.37. The molecule has 1 N–H and O–H groups in total. The number of Topliss-reactive ketones (excluding diaryl/α,β-unsaturated/α-hetero) is 1. The molecule has 4 heteroatoms. The van der Waals surface area contributed by atoms with Gasteiger partial charge in [0.05, 0.1) is 14.2 Å². The lowest BCUT2D eigenvalue weighted by Gasteiger charge is -2.10. The van der Waals surface area contributed by atoms with Crippen LogP contribution in [0.4, 0.5) is 0 Å². The molecular formula is C16H16O4. The second-order valence-corrected chi connectivity index (χ2v) is 4.31. The molecular weight excluding hydrogens is 256 g/mol. The first kappa shape index (κ1) is 13.9. The summed E-state index contributed by atoms with van der Waals surface area (Å²) in [6.07, 6.45) is 0.290. The zero-order chi connectivity index (χ0) is 14.5. The quantitative estimate of drug-likeness (QED) is 0.850. The first-order chi connectivity index (χ1) is 9.65. The maximum atomic E-state index is 12.3. The van der Waals surface area contributed by atoms with Crippen molar-refractivity contribution in [1.82, 2.24) is 0 Å². The van der Waals surface area contributed by atoms with Crippen molar-refractivity contribution in [3.63, 3.8) is 0 Å². The van der Waals surface area contributed by atoms with Gasteiger partial charge in [-0.1, -0.05) is 30.3 Å². The largest absolute Gasteiger partial charge is 0.502 e. The molecule has 0 amide bonds. The molecule has 104 valence electrons. The summed E-state index contributed by atoms with van der Waals surface area (Å²) in [7, 11) is 2.86. The number of hydrogen-bond acceptors (Lipinski definition) is 4. The highest BCUT2D eigenvalue weighted by molar-refractivity contribution is 5.98. The molecule has 0 heterocycles. The van der Waals surface area contributed by atoms with Gasteiger partial charge in [-0.25, -0.2) is 0 Å². The van der Waals surface area contributed by atoms with E-state index in [0.29, 0.717) is 5.56 Å². The summed E-state index contributed by atoms with van der Waals surface area (Å²) in [4.78, 5) is 12.3. The average Bonchev–Trinajstić information content (AvgIpc) is 2.48. The van der Waals surface area contributed by atoms with Crippen molar-refractivity contribution < 1.29 is 19.4 Å². The van der Waals surface area contributed by atoms with Crippen molar-refractivity contribution in [2.75, 3.05) is 14.2 Å². The molecule has 2 aromatic rings. The Morgan fingerprint density at radius 1 is 1.05 bits per heavy atom. The second-order valence-electron chi connectivity index (χ2n) is 4.31. The van der Waals surface area contributed by atoms with Crippen molar-refractivity contribution in [2.45, 2.75) is 6.42 Å². The molecule has 0 radical (unpaired) electrons. The number of carbonyl (C=O) groups is 1. The molecule has 0 saturated carbocycles. The number of ether oxygens (including phenoxy) is 2. The van der Waals surface area contributed by atoms with Crippen LogP contribution in [0.3, 0.4) is 0 Å². The molecule has 20 heavy (non-hydrogen) atoms. The van der Waals surface area contributed by atoms with Crippen molar-refractivity contribution in [1.29, 1.82) is 0 Å². The van der Waals surface area contributed by atoms with Gasteiger partial charge in [0.25, 0.3) is 0 Å². The van der Waals surface area contributed by atoms with E-state index in [1.54, 1.807) is 0 Å². The standard InChI is InChI=1S/C16H16O4/c1-19-14-9-12(10-15(20-2)16(14)18)13(17)8-11-6-4-3-5-7-11/h3-7,9-10,18H,8H2,1-2H3. The molecule has 0 aliphatic heterocycles. The third-order valence-electron chi connectivity index (χ3n) is 3.01. The van der Waals surface area contributed by atoms with Crippen LogP contribution in [-0.4, -0.2) is 25.1 Å². The summed E-state index contributed by atoms with van der Waals surface area (Å²) >= 11 is 0. The van der Waals surface area contributed by atoms with Crippen LogP contribution in [0.25, 0.3) is 0 Å². The fourth-order valence-electron chi connectivity index (χ4n) is 1.94. The Labute approximate surface area is 117 Å². The van der Waals surface area contributed by atoms with Gasteiger partial charge >= 0.3 is 0 Å². The number of benzene rings is 2. The molecule has 0 saturated heterocycles. The molecule has 0 aliphatic rings. The Balaban J connectivity index is 2.30.